The second-order valence-corrected chi connectivity index (χ2v) is 4.25. The van der Waals surface area contributed by atoms with Gasteiger partial charge in [-0.1, -0.05) is 28.1 Å². The maximum absolute atomic E-state index is 5.79. The molecule has 16 heavy (non-hydrogen) atoms. The number of ether oxygens (including phenoxy) is 2. The summed E-state index contributed by atoms with van der Waals surface area (Å²) in [5.41, 5.74) is 6.73. The Labute approximate surface area is 105 Å². The van der Waals surface area contributed by atoms with E-state index in [2.05, 4.69) is 15.9 Å². The third-order valence-corrected chi connectivity index (χ3v) is 2.84. The lowest BCUT2D eigenvalue weighted by atomic mass is 10.1. The number of rotatable bonds is 6. The van der Waals surface area contributed by atoms with Gasteiger partial charge in [-0.15, -0.1) is 0 Å². The van der Waals surface area contributed by atoms with Gasteiger partial charge in [-0.05, 0) is 26.0 Å². The van der Waals surface area contributed by atoms with Crippen LogP contribution in [0.15, 0.2) is 28.7 Å². The molecule has 0 aliphatic carbocycles. The standard InChI is InChI=1S/C12H18BrNO2/c1-3-15-12(9-14,16-4-2)10-5-7-11(13)8-6-10/h5-8H,3-4,9,14H2,1-2H3. The molecule has 0 saturated heterocycles. The van der Waals surface area contributed by atoms with Crippen molar-refractivity contribution < 1.29 is 9.47 Å². The highest BCUT2D eigenvalue weighted by Gasteiger charge is 2.31. The summed E-state index contributed by atoms with van der Waals surface area (Å²) in [6.07, 6.45) is 0. The van der Waals surface area contributed by atoms with E-state index in [0.29, 0.717) is 19.8 Å². The van der Waals surface area contributed by atoms with Gasteiger partial charge in [0.05, 0.1) is 6.54 Å². The van der Waals surface area contributed by atoms with Gasteiger partial charge < -0.3 is 15.2 Å². The molecule has 0 fully saturated rings. The number of benzene rings is 1. The van der Waals surface area contributed by atoms with Gasteiger partial charge in [0.2, 0.25) is 5.79 Å². The lowest BCUT2D eigenvalue weighted by Gasteiger charge is -2.32. The first-order valence-electron chi connectivity index (χ1n) is 5.42. The first-order chi connectivity index (χ1) is 7.68. The van der Waals surface area contributed by atoms with E-state index < -0.39 is 5.79 Å². The van der Waals surface area contributed by atoms with E-state index in [0.717, 1.165) is 10.0 Å². The molecule has 4 heteroatoms. The molecule has 0 atom stereocenters. The van der Waals surface area contributed by atoms with E-state index in [1.165, 1.54) is 0 Å². The zero-order valence-corrected chi connectivity index (χ0v) is 11.3. The van der Waals surface area contributed by atoms with Crippen LogP contribution in [-0.2, 0) is 15.3 Å². The highest BCUT2D eigenvalue weighted by atomic mass is 79.9. The van der Waals surface area contributed by atoms with Gasteiger partial charge in [0, 0.05) is 23.2 Å². The summed E-state index contributed by atoms with van der Waals surface area (Å²) in [5, 5.41) is 0. The lowest BCUT2D eigenvalue weighted by Crippen LogP contribution is -2.40. The van der Waals surface area contributed by atoms with Crippen LogP contribution in [0.2, 0.25) is 0 Å². The average Bonchev–Trinajstić information content (AvgIpc) is 2.29. The minimum Gasteiger partial charge on any atom is -0.345 e. The Morgan fingerprint density at radius 2 is 1.62 bits per heavy atom. The summed E-state index contributed by atoms with van der Waals surface area (Å²) in [6.45, 7) is 5.29. The zero-order valence-electron chi connectivity index (χ0n) is 9.70. The van der Waals surface area contributed by atoms with Gasteiger partial charge in [0.1, 0.15) is 0 Å². The second kappa shape index (κ2) is 6.35. The molecule has 1 rings (SSSR count). The smallest absolute Gasteiger partial charge is 0.207 e. The second-order valence-electron chi connectivity index (χ2n) is 3.33. The number of hydrogen-bond donors (Lipinski definition) is 1. The molecular formula is C12H18BrNO2. The van der Waals surface area contributed by atoms with Crippen molar-refractivity contribution in [1.29, 1.82) is 0 Å². The van der Waals surface area contributed by atoms with Gasteiger partial charge in [-0.25, -0.2) is 0 Å². The minimum atomic E-state index is -0.815. The summed E-state index contributed by atoms with van der Waals surface area (Å²) in [5.74, 6) is -0.815. The van der Waals surface area contributed by atoms with Crippen LogP contribution in [-0.4, -0.2) is 19.8 Å². The third kappa shape index (κ3) is 3.04. The van der Waals surface area contributed by atoms with E-state index in [4.69, 9.17) is 15.2 Å². The molecule has 1 aromatic carbocycles. The molecule has 0 amide bonds. The Bertz CT molecular complexity index is 307. The van der Waals surface area contributed by atoms with Crippen molar-refractivity contribution in [2.75, 3.05) is 19.8 Å². The molecule has 0 saturated carbocycles. The van der Waals surface area contributed by atoms with Crippen LogP contribution >= 0.6 is 15.9 Å². The van der Waals surface area contributed by atoms with Crippen molar-refractivity contribution in [3.05, 3.63) is 34.3 Å². The van der Waals surface area contributed by atoms with Gasteiger partial charge in [0.15, 0.2) is 0 Å². The first-order valence-corrected chi connectivity index (χ1v) is 6.21. The van der Waals surface area contributed by atoms with Crippen molar-refractivity contribution in [3.63, 3.8) is 0 Å². The SMILES string of the molecule is CCOC(CN)(OCC)c1ccc(Br)cc1. The number of halogens is 1. The molecule has 3 nitrogen and oxygen atoms in total. The Morgan fingerprint density at radius 3 is 2.00 bits per heavy atom. The van der Waals surface area contributed by atoms with Crippen LogP contribution in [0.1, 0.15) is 19.4 Å². The van der Waals surface area contributed by atoms with E-state index in [9.17, 15) is 0 Å². The van der Waals surface area contributed by atoms with E-state index >= 15 is 0 Å². The van der Waals surface area contributed by atoms with Crippen molar-refractivity contribution >= 4 is 15.9 Å². The summed E-state index contributed by atoms with van der Waals surface area (Å²) >= 11 is 3.40. The molecule has 0 unspecified atom stereocenters. The molecule has 0 aliphatic heterocycles. The Morgan fingerprint density at radius 1 is 1.12 bits per heavy atom. The highest BCUT2D eigenvalue weighted by Crippen LogP contribution is 2.27. The fraction of sp³-hybridized carbons (Fsp3) is 0.500. The van der Waals surface area contributed by atoms with Crippen LogP contribution in [0.25, 0.3) is 0 Å². The molecule has 90 valence electrons. The van der Waals surface area contributed by atoms with Gasteiger partial charge >= 0.3 is 0 Å². The first kappa shape index (κ1) is 13.6. The van der Waals surface area contributed by atoms with Crippen LogP contribution in [0.4, 0.5) is 0 Å². The molecular weight excluding hydrogens is 270 g/mol. The van der Waals surface area contributed by atoms with E-state index in [1.807, 2.05) is 38.1 Å². The van der Waals surface area contributed by atoms with Gasteiger partial charge in [0.25, 0.3) is 0 Å². The van der Waals surface area contributed by atoms with Crippen molar-refractivity contribution in [2.24, 2.45) is 5.73 Å². The molecule has 0 spiro atoms. The quantitative estimate of drug-likeness (QED) is 0.818. The zero-order chi connectivity index (χ0) is 12.0. The summed E-state index contributed by atoms with van der Waals surface area (Å²) in [7, 11) is 0. The van der Waals surface area contributed by atoms with Crippen LogP contribution < -0.4 is 5.73 Å². The topological polar surface area (TPSA) is 44.5 Å². The fourth-order valence-electron chi connectivity index (χ4n) is 1.61. The lowest BCUT2D eigenvalue weighted by molar-refractivity contribution is -0.235. The fourth-order valence-corrected chi connectivity index (χ4v) is 1.88. The van der Waals surface area contributed by atoms with Gasteiger partial charge in [-0.3, -0.25) is 0 Å². The molecule has 1 aromatic rings. The summed E-state index contributed by atoms with van der Waals surface area (Å²) in [6, 6.07) is 7.83. The predicted molar refractivity (Wildman–Crippen MR) is 68.1 cm³/mol. The van der Waals surface area contributed by atoms with Crippen LogP contribution in [0.5, 0.6) is 0 Å². The molecule has 0 aromatic heterocycles. The van der Waals surface area contributed by atoms with Gasteiger partial charge in [-0.2, -0.15) is 0 Å². The number of nitrogens with two attached hydrogens (primary N) is 1. The van der Waals surface area contributed by atoms with E-state index in [1.54, 1.807) is 0 Å². The van der Waals surface area contributed by atoms with E-state index in [-0.39, 0.29) is 0 Å². The summed E-state index contributed by atoms with van der Waals surface area (Å²) < 4.78 is 12.4. The van der Waals surface area contributed by atoms with Crippen molar-refractivity contribution in [1.82, 2.24) is 0 Å². The average molecular weight is 288 g/mol. The Hall–Kier alpha value is -0.420. The molecule has 0 radical (unpaired) electrons. The Kier molecular flexibility index (Phi) is 5.41. The van der Waals surface area contributed by atoms with Crippen molar-refractivity contribution in [3.8, 4) is 0 Å². The summed E-state index contributed by atoms with van der Waals surface area (Å²) in [4.78, 5) is 0. The normalized spacial score (nSPS) is 11.8. The van der Waals surface area contributed by atoms with Crippen LogP contribution in [0, 0.1) is 0 Å². The molecule has 2 N–H and O–H groups in total. The molecule has 0 bridgehead atoms. The van der Waals surface area contributed by atoms with Crippen LogP contribution in [0.3, 0.4) is 0 Å². The molecule has 0 heterocycles. The minimum absolute atomic E-state index is 0.302. The largest absolute Gasteiger partial charge is 0.345 e. The predicted octanol–water partition coefficient (Wildman–Crippen LogP) is 2.63. The third-order valence-electron chi connectivity index (χ3n) is 2.31. The monoisotopic (exact) mass is 287 g/mol. The highest BCUT2D eigenvalue weighted by molar-refractivity contribution is 9.10. The Balaban J connectivity index is 3.02. The maximum atomic E-state index is 5.79. The van der Waals surface area contributed by atoms with Crippen molar-refractivity contribution in [2.45, 2.75) is 19.6 Å². The maximum Gasteiger partial charge on any atom is 0.207 e. The molecule has 0 aliphatic rings. The number of hydrogen-bond acceptors (Lipinski definition) is 3.